The lowest BCUT2D eigenvalue weighted by Gasteiger charge is -2.03. The van der Waals surface area contributed by atoms with Gasteiger partial charge >= 0.3 is 0 Å². The Morgan fingerprint density at radius 2 is 1.93 bits per heavy atom. The third-order valence-electron chi connectivity index (χ3n) is 1.97. The molecule has 0 atom stereocenters. The third-order valence-corrected chi connectivity index (χ3v) is 2.48. The van der Waals surface area contributed by atoms with Crippen molar-refractivity contribution in [2.45, 2.75) is 0 Å². The molecule has 2 heteroatoms. The first-order chi connectivity index (χ1) is 6.72. The fourth-order valence-corrected chi connectivity index (χ4v) is 1.51. The molecule has 1 aromatic carbocycles. The van der Waals surface area contributed by atoms with E-state index < -0.39 is 0 Å². The molecule has 0 aliphatic carbocycles. The van der Waals surface area contributed by atoms with Crippen LogP contribution in [0.25, 0.3) is 12.2 Å². The van der Waals surface area contributed by atoms with Gasteiger partial charge in [0.2, 0.25) is 0 Å². The second kappa shape index (κ2) is 4.91. The van der Waals surface area contributed by atoms with Crippen molar-refractivity contribution in [3.8, 4) is 0 Å². The summed E-state index contributed by atoms with van der Waals surface area (Å²) in [5, 5.41) is 0.344. The number of rotatable bonds is 4. The van der Waals surface area contributed by atoms with Gasteiger partial charge in [-0.1, -0.05) is 53.4 Å². The number of hydrogen-bond acceptors (Lipinski definition) is 1. The van der Waals surface area contributed by atoms with Crippen molar-refractivity contribution < 1.29 is 4.79 Å². The Bertz CT molecular complexity index is 380. The summed E-state index contributed by atoms with van der Waals surface area (Å²) in [4.78, 5) is 11.4. The zero-order chi connectivity index (χ0) is 10.6. The van der Waals surface area contributed by atoms with Gasteiger partial charge in [0.1, 0.15) is 0 Å². The van der Waals surface area contributed by atoms with Crippen LogP contribution in [-0.4, -0.2) is 11.1 Å². The van der Waals surface area contributed by atoms with Gasteiger partial charge in [-0.2, -0.15) is 0 Å². The Labute approximate surface area is 92.3 Å². The lowest BCUT2D eigenvalue weighted by atomic mass is 10.0. The number of carbonyl (C=O) groups is 1. The molecule has 0 amide bonds. The second-order valence-corrected chi connectivity index (χ2v) is 3.37. The normalized spacial score (nSPS) is 9.50. The van der Waals surface area contributed by atoms with Crippen molar-refractivity contribution in [2.75, 3.05) is 5.33 Å². The van der Waals surface area contributed by atoms with E-state index in [1.165, 1.54) is 0 Å². The van der Waals surface area contributed by atoms with E-state index >= 15 is 0 Å². The van der Waals surface area contributed by atoms with E-state index in [9.17, 15) is 4.79 Å². The van der Waals surface area contributed by atoms with Crippen molar-refractivity contribution >= 4 is 33.9 Å². The van der Waals surface area contributed by atoms with Crippen molar-refractivity contribution in [2.24, 2.45) is 0 Å². The molecule has 0 radical (unpaired) electrons. The van der Waals surface area contributed by atoms with E-state index in [2.05, 4.69) is 29.1 Å². The summed E-state index contributed by atoms with van der Waals surface area (Å²) in [5.74, 6) is 0.0729. The summed E-state index contributed by atoms with van der Waals surface area (Å²) >= 11 is 3.14. The highest BCUT2D eigenvalue weighted by Gasteiger charge is 2.05. The Morgan fingerprint density at radius 3 is 2.43 bits per heavy atom. The molecule has 1 nitrogen and oxygen atoms in total. The van der Waals surface area contributed by atoms with E-state index in [4.69, 9.17) is 0 Å². The van der Waals surface area contributed by atoms with Gasteiger partial charge in [-0.3, -0.25) is 4.79 Å². The van der Waals surface area contributed by atoms with Crippen LogP contribution in [0.4, 0.5) is 0 Å². The van der Waals surface area contributed by atoms with Crippen LogP contribution >= 0.6 is 15.9 Å². The molecule has 1 rings (SSSR count). The highest BCUT2D eigenvalue weighted by molar-refractivity contribution is 9.09. The SMILES string of the molecule is C=Cc1ccc(C(=O)CBr)cc1C=C. The minimum Gasteiger partial charge on any atom is -0.293 e. The molecule has 0 saturated carbocycles. The van der Waals surface area contributed by atoms with Crippen molar-refractivity contribution in [3.05, 3.63) is 48.0 Å². The highest BCUT2D eigenvalue weighted by atomic mass is 79.9. The molecular formula is C12H11BrO. The summed E-state index contributed by atoms with van der Waals surface area (Å²) in [6, 6.07) is 5.50. The molecule has 0 aliphatic heterocycles. The number of Topliss-reactive ketones (excluding diaryl/α,β-unsaturated/α-hetero) is 1. The minimum absolute atomic E-state index is 0.0729. The fraction of sp³-hybridized carbons (Fsp3) is 0.0833. The molecule has 14 heavy (non-hydrogen) atoms. The van der Waals surface area contributed by atoms with Gasteiger partial charge in [-0.15, -0.1) is 0 Å². The van der Waals surface area contributed by atoms with E-state index in [0.29, 0.717) is 10.9 Å². The number of alkyl halides is 1. The van der Waals surface area contributed by atoms with Crippen LogP contribution in [0.15, 0.2) is 31.4 Å². The van der Waals surface area contributed by atoms with Gasteiger partial charge in [0.05, 0.1) is 5.33 Å². The Kier molecular flexibility index (Phi) is 3.84. The molecule has 0 heterocycles. The van der Waals surface area contributed by atoms with Crippen molar-refractivity contribution in [1.29, 1.82) is 0 Å². The van der Waals surface area contributed by atoms with Crippen LogP contribution in [0.5, 0.6) is 0 Å². The van der Waals surface area contributed by atoms with Crippen LogP contribution < -0.4 is 0 Å². The summed E-state index contributed by atoms with van der Waals surface area (Å²) < 4.78 is 0. The molecule has 0 unspecified atom stereocenters. The molecule has 0 saturated heterocycles. The monoisotopic (exact) mass is 250 g/mol. The number of ketones is 1. The molecule has 0 spiro atoms. The van der Waals surface area contributed by atoms with E-state index in [1.54, 1.807) is 18.2 Å². The first-order valence-electron chi connectivity index (χ1n) is 4.21. The first-order valence-corrected chi connectivity index (χ1v) is 5.33. The third kappa shape index (κ3) is 2.20. The van der Waals surface area contributed by atoms with Crippen LogP contribution in [0.1, 0.15) is 21.5 Å². The van der Waals surface area contributed by atoms with Gasteiger partial charge in [-0.25, -0.2) is 0 Å². The van der Waals surface area contributed by atoms with E-state index in [1.807, 2.05) is 12.1 Å². The Balaban J connectivity index is 3.20. The summed E-state index contributed by atoms with van der Waals surface area (Å²) in [7, 11) is 0. The largest absolute Gasteiger partial charge is 0.293 e. The molecule has 0 aliphatic rings. The smallest absolute Gasteiger partial charge is 0.173 e. The van der Waals surface area contributed by atoms with Gasteiger partial charge in [-0.05, 0) is 17.2 Å². The standard InChI is InChI=1S/C12H11BrO/c1-3-9-5-6-11(12(14)8-13)7-10(9)4-2/h3-7H,1-2,8H2. The molecule has 72 valence electrons. The van der Waals surface area contributed by atoms with E-state index in [0.717, 1.165) is 11.1 Å². The van der Waals surface area contributed by atoms with Crippen LogP contribution in [0.3, 0.4) is 0 Å². The molecule has 0 N–H and O–H groups in total. The van der Waals surface area contributed by atoms with Crippen molar-refractivity contribution in [3.63, 3.8) is 0 Å². The average Bonchev–Trinajstić information content (AvgIpc) is 2.26. The van der Waals surface area contributed by atoms with Crippen LogP contribution in [0.2, 0.25) is 0 Å². The summed E-state index contributed by atoms with van der Waals surface area (Å²) in [5.41, 5.74) is 2.63. The molecular weight excluding hydrogens is 240 g/mol. The Hall–Kier alpha value is -1.15. The van der Waals surface area contributed by atoms with Gasteiger partial charge in [0.15, 0.2) is 5.78 Å². The van der Waals surface area contributed by atoms with Crippen molar-refractivity contribution in [1.82, 2.24) is 0 Å². The predicted octanol–water partition coefficient (Wildman–Crippen LogP) is 3.55. The topological polar surface area (TPSA) is 17.1 Å². The lowest BCUT2D eigenvalue weighted by Crippen LogP contribution is -2.00. The first kappa shape index (κ1) is 10.9. The van der Waals surface area contributed by atoms with Crippen LogP contribution in [-0.2, 0) is 0 Å². The lowest BCUT2D eigenvalue weighted by molar-refractivity contribution is 0.102. The quantitative estimate of drug-likeness (QED) is 0.590. The maximum absolute atomic E-state index is 11.4. The number of halogens is 1. The zero-order valence-electron chi connectivity index (χ0n) is 7.79. The Morgan fingerprint density at radius 1 is 1.29 bits per heavy atom. The second-order valence-electron chi connectivity index (χ2n) is 2.81. The highest BCUT2D eigenvalue weighted by Crippen LogP contribution is 2.15. The fourth-order valence-electron chi connectivity index (χ4n) is 1.19. The zero-order valence-corrected chi connectivity index (χ0v) is 9.38. The predicted molar refractivity (Wildman–Crippen MR) is 64.7 cm³/mol. The minimum atomic E-state index is 0.0729. The molecule has 0 fully saturated rings. The molecule has 0 aromatic heterocycles. The number of benzene rings is 1. The average molecular weight is 251 g/mol. The van der Waals surface area contributed by atoms with Gasteiger partial charge < -0.3 is 0 Å². The number of carbonyl (C=O) groups excluding carboxylic acids is 1. The maximum atomic E-state index is 11.4. The molecule has 1 aromatic rings. The van der Waals surface area contributed by atoms with Gasteiger partial charge in [0, 0.05) is 5.56 Å². The van der Waals surface area contributed by atoms with Gasteiger partial charge in [0.25, 0.3) is 0 Å². The molecule has 0 bridgehead atoms. The summed E-state index contributed by atoms with van der Waals surface area (Å²) in [6.07, 6.45) is 3.47. The maximum Gasteiger partial charge on any atom is 0.173 e. The summed E-state index contributed by atoms with van der Waals surface area (Å²) in [6.45, 7) is 7.39. The van der Waals surface area contributed by atoms with E-state index in [-0.39, 0.29) is 5.78 Å². The number of hydrogen-bond donors (Lipinski definition) is 0. The van der Waals surface area contributed by atoms with Crippen LogP contribution in [0, 0.1) is 0 Å².